The number of pyridine rings is 1. The zero-order chi connectivity index (χ0) is 13.7. The predicted molar refractivity (Wildman–Crippen MR) is 80.3 cm³/mol. The molecule has 3 heteroatoms. The van der Waals surface area contributed by atoms with Crippen LogP contribution in [0.15, 0.2) is 42.7 Å². The minimum atomic E-state index is 0.857. The Morgan fingerprint density at radius 3 is 2.58 bits per heavy atom. The van der Waals surface area contributed by atoms with Crippen molar-refractivity contribution in [3.05, 3.63) is 59.4 Å². The topological polar surface area (TPSA) is 28.2 Å². The third-order valence-corrected chi connectivity index (χ3v) is 3.21. The first kappa shape index (κ1) is 13.6. The molecule has 2 rings (SSSR count). The van der Waals surface area contributed by atoms with Gasteiger partial charge in [-0.3, -0.25) is 4.98 Å². The Morgan fingerprint density at radius 1 is 1.16 bits per heavy atom. The first-order valence-corrected chi connectivity index (χ1v) is 6.55. The van der Waals surface area contributed by atoms with Crippen LogP contribution in [-0.2, 0) is 13.1 Å². The largest absolute Gasteiger partial charge is 0.369 e. The molecule has 0 spiro atoms. The third kappa shape index (κ3) is 3.55. The average molecular weight is 255 g/mol. The highest BCUT2D eigenvalue weighted by Crippen LogP contribution is 2.19. The summed E-state index contributed by atoms with van der Waals surface area (Å²) in [4.78, 5) is 6.48. The number of rotatable bonds is 5. The summed E-state index contributed by atoms with van der Waals surface area (Å²) < 4.78 is 0. The molecule has 0 saturated carbocycles. The van der Waals surface area contributed by atoms with Crippen LogP contribution in [0.25, 0.3) is 0 Å². The van der Waals surface area contributed by atoms with Crippen LogP contribution in [0.3, 0.4) is 0 Å². The van der Waals surface area contributed by atoms with Crippen molar-refractivity contribution in [3.63, 3.8) is 0 Å². The van der Waals surface area contributed by atoms with Gasteiger partial charge in [-0.15, -0.1) is 0 Å². The van der Waals surface area contributed by atoms with Gasteiger partial charge in [-0.2, -0.15) is 0 Å². The lowest BCUT2D eigenvalue weighted by atomic mass is 10.1. The number of hydrogen-bond acceptors (Lipinski definition) is 3. The Hall–Kier alpha value is -1.87. The number of nitrogens with zero attached hydrogens (tertiary/aromatic N) is 2. The summed E-state index contributed by atoms with van der Waals surface area (Å²) >= 11 is 0. The first-order valence-electron chi connectivity index (χ1n) is 6.55. The average Bonchev–Trinajstić information content (AvgIpc) is 2.42. The fourth-order valence-corrected chi connectivity index (χ4v) is 2.15. The van der Waals surface area contributed by atoms with Crippen LogP contribution in [0.2, 0.25) is 0 Å². The van der Waals surface area contributed by atoms with Crippen LogP contribution in [0.1, 0.15) is 16.7 Å². The van der Waals surface area contributed by atoms with E-state index in [1.165, 1.54) is 22.4 Å². The van der Waals surface area contributed by atoms with E-state index in [4.69, 9.17) is 0 Å². The van der Waals surface area contributed by atoms with E-state index >= 15 is 0 Å². The molecule has 0 aliphatic carbocycles. The lowest BCUT2D eigenvalue weighted by Gasteiger charge is -2.22. The molecule has 0 aliphatic rings. The van der Waals surface area contributed by atoms with Gasteiger partial charge in [-0.1, -0.05) is 29.8 Å². The zero-order valence-electron chi connectivity index (χ0n) is 11.9. The van der Waals surface area contributed by atoms with Crippen LogP contribution < -0.4 is 10.2 Å². The summed E-state index contributed by atoms with van der Waals surface area (Å²) in [7, 11) is 4.07. The van der Waals surface area contributed by atoms with Crippen molar-refractivity contribution in [3.8, 4) is 0 Å². The monoisotopic (exact) mass is 255 g/mol. The Labute approximate surface area is 115 Å². The van der Waals surface area contributed by atoms with E-state index in [1.54, 1.807) is 0 Å². The van der Waals surface area contributed by atoms with Crippen molar-refractivity contribution in [2.45, 2.75) is 20.0 Å². The number of aromatic nitrogens is 1. The summed E-state index contributed by atoms with van der Waals surface area (Å²) in [6, 6.07) is 10.7. The van der Waals surface area contributed by atoms with Gasteiger partial charge >= 0.3 is 0 Å². The molecule has 1 aromatic heterocycles. The normalized spacial score (nSPS) is 10.5. The first-order chi connectivity index (χ1) is 9.20. The number of benzene rings is 1. The molecule has 0 amide bonds. The molecular weight excluding hydrogens is 234 g/mol. The number of nitrogens with one attached hydrogen (secondary N) is 1. The second kappa shape index (κ2) is 6.34. The van der Waals surface area contributed by atoms with Gasteiger partial charge in [0.2, 0.25) is 0 Å². The molecule has 0 bridgehead atoms. The molecule has 0 atom stereocenters. The third-order valence-electron chi connectivity index (χ3n) is 3.21. The van der Waals surface area contributed by atoms with Crippen LogP contribution >= 0.6 is 0 Å². The molecule has 0 saturated heterocycles. The van der Waals surface area contributed by atoms with Crippen LogP contribution in [0.5, 0.6) is 0 Å². The quantitative estimate of drug-likeness (QED) is 0.890. The summed E-state index contributed by atoms with van der Waals surface area (Å²) in [5, 5.41) is 3.20. The van der Waals surface area contributed by atoms with E-state index in [0.717, 1.165) is 13.1 Å². The zero-order valence-corrected chi connectivity index (χ0v) is 11.9. The van der Waals surface area contributed by atoms with Crippen molar-refractivity contribution in [1.29, 1.82) is 0 Å². The maximum absolute atomic E-state index is 4.23. The Kier molecular flexibility index (Phi) is 4.53. The van der Waals surface area contributed by atoms with E-state index in [1.807, 2.05) is 19.4 Å². The highest BCUT2D eigenvalue weighted by Gasteiger charge is 2.07. The van der Waals surface area contributed by atoms with Crippen molar-refractivity contribution in [2.24, 2.45) is 0 Å². The molecule has 1 aromatic carbocycles. The van der Waals surface area contributed by atoms with Gasteiger partial charge in [0.05, 0.1) is 11.9 Å². The van der Waals surface area contributed by atoms with E-state index in [-0.39, 0.29) is 0 Å². The van der Waals surface area contributed by atoms with Gasteiger partial charge < -0.3 is 10.2 Å². The van der Waals surface area contributed by atoms with Crippen LogP contribution in [-0.4, -0.2) is 19.1 Å². The van der Waals surface area contributed by atoms with Crippen molar-refractivity contribution < 1.29 is 0 Å². The predicted octanol–water partition coefficient (Wildman–Crippen LogP) is 2.75. The van der Waals surface area contributed by atoms with E-state index in [9.17, 15) is 0 Å². The summed E-state index contributed by atoms with van der Waals surface area (Å²) in [6.07, 6.45) is 3.77. The van der Waals surface area contributed by atoms with E-state index in [2.05, 4.69) is 59.5 Å². The second-order valence-electron chi connectivity index (χ2n) is 4.88. The van der Waals surface area contributed by atoms with Crippen LogP contribution in [0, 0.1) is 6.92 Å². The molecule has 2 aromatic rings. The highest BCUT2D eigenvalue weighted by molar-refractivity contribution is 5.51. The molecule has 1 N–H and O–H groups in total. The fraction of sp³-hybridized carbons (Fsp3) is 0.312. The molecule has 19 heavy (non-hydrogen) atoms. The number of hydrogen-bond donors (Lipinski definition) is 1. The van der Waals surface area contributed by atoms with Gasteiger partial charge in [0.25, 0.3) is 0 Å². The van der Waals surface area contributed by atoms with Gasteiger partial charge in [-0.05, 0) is 31.2 Å². The standard InChI is InChI=1S/C16H21N3/c1-13-4-6-14(7-5-13)12-19(3)16-11-18-9-8-15(16)10-17-2/h4-9,11,17H,10,12H2,1-3H3. The van der Waals surface area contributed by atoms with Gasteiger partial charge in [-0.25, -0.2) is 0 Å². The minimum Gasteiger partial charge on any atom is -0.369 e. The maximum atomic E-state index is 4.23. The van der Waals surface area contributed by atoms with Gasteiger partial charge in [0.15, 0.2) is 0 Å². The van der Waals surface area contributed by atoms with Crippen molar-refractivity contribution in [1.82, 2.24) is 10.3 Å². The van der Waals surface area contributed by atoms with Gasteiger partial charge in [0.1, 0.15) is 0 Å². The molecule has 0 fully saturated rings. The SMILES string of the molecule is CNCc1ccncc1N(C)Cc1ccc(C)cc1. The molecular formula is C16H21N3. The Bertz CT molecular complexity index is 520. The lowest BCUT2D eigenvalue weighted by Crippen LogP contribution is -2.19. The molecule has 0 unspecified atom stereocenters. The Morgan fingerprint density at radius 2 is 1.89 bits per heavy atom. The molecule has 0 aliphatic heterocycles. The maximum Gasteiger partial charge on any atom is 0.0598 e. The second-order valence-corrected chi connectivity index (χ2v) is 4.88. The highest BCUT2D eigenvalue weighted by atomic mass is 15.1. The fourth-order valence-electron chi connectivity index (χ4n) is 2.15. The lowest BCUT2D eigenvalue weighted by molar-refractivity contribution is 0.802. The minimum absolute atomic E-state index is 0.857. The Balaban J connectivity index is 2.15. The number of aryl methyl sites for hydroxylation is 1. The summed E-state index contributed by atoms with van der Waals surface area (Å²) in [5.74, 6) is 0. The van der Waals surface area contributed by atoms with E-state index in [0.29, 0.717) is 0 Å². The van der Waals surface area contributed by atoms with Crippen LogP contribution in [0.4, 0.5) is 5.69 Å². The molecule has 0 radical (unpaired) electrons. The van der Waals surface area contributed by atoms with Crippen molar-refractivity contribution in [2.75, 3.05) is 19.0 Å². The molecule has 1 heterocycles. The molecule has 100 valence electrons. The van der Waals surface area contributed by atoms with Crippen molar-refractivity contribution >= 4 is 5.69 Å². The smallest absolute Gasteiger partial charge is 0.0598 e. The summed E-state index contributed by atoms with van der Waals surface area (Å²) in [5.41, 5.74) is 5.06. The number of anilines is 1. The van der Waals surface area contributed by atoms with E-state index < -0.39 is 0 Å². The summed E-state index contributed by atoms with van der Waals surface area (Å²) in [6.45, 7) is 3.86. The molecule has 3 nitrogen and oxygen atoms in total. The van der Waals surface area contributed by atoms with Gasteiger partial charge in [0, 0.05) is 26.3 Å².